The zero-order valence-corrected chi connectivity index (χ0v) is 31.6. The van der Waals surface area contributed by atoms with E-state index in [1.54, 1.807) is 74.5 Å². The molecule has 0 bridgehead atoms. The Kier molecular flexibility index (Phi) is 11.9. The van der Waals surface area contributed by atoms with Crippen molar-refractivity contribution in [2.45, 2.75) is 67.9 Å². The number of hydrogen-bond donors (Lipinski definition) is 3. The lowest BCUT2D eigenvalue weighted by Gasteiger charge is -2.25. The van der Waals surface area contributed by atoms with Crippen LogP contribution in [0.15, 0.2) is 107 Å². The number of ketones is 5. The molecule has 0 saturated heterocycles. The average Bonchev–Trinajstić information content (AvgIpc) is 3.63. The molecule has 2 aliphatic rings. The molecule has 4 aromatic carbocycles. The number of rotatable bonds is 14. The fraction of sp³-hybridized carbons (Fsp3) is 0.262. The Morgan fingerprint density at radius 3 is 1.60 bits per heavy atom. The van der Waals surface area contributed by atoms with Crippen molar-refractivity contribution in [1.29, 1.82) is 0 Å². The highest BCUT2D eigenvalue weighted by molar-refractivity contribution is 7.91. The predicted molar refractivity (Wildman–Crippen MR) is 201 cm³/mol. The first-order chi connectivity index (χ1) is 27.3. The molecule has 4 aromatic rings. The second-order valence-corrected chi connectivity index (χ2v) is 15.5. The summed E-state index contributed by atoms with van der Waals surface area (Å²) in [5.74, 6) is -7.74. The second-order valence-electron chi connectivity index (χ2n) is 13.6. The highest BCUT2D eigenvalue weighted by Gasteiger charge is 2.48. The molecule has 0 fully saturated rings. The second kappa shape index (κ2) is 16.8. The summed E-state index contributed by atoms with van der Waals surface area (Å²) in [6, 6.07) is 21.7. The molecule has 3 N–H and O–H groups in total. The Hall–Kier alpha value is -6.32. The zero-order valence-electron chi connectivity index (χ0n) is 30.8. The van der Waals surface area contributed by atoms with Crippen LogP contribution in [0.3, 0.4) is 0 Å². The zero-order chi connectivity index (χ0) is 41.0. The summed E-state index contributed by atoms with van der Waals surface area (Å²) in [5.41, 5.74) is 0.557. The predicted octanol–water partition coefficient (Wildman–Crippen LogP) is 4.85. The first kappa shape index (κ1) is 40.3. The number of aliphatic hydroxyl groups excluding tert-OH is 1. The smallest absolute Gasteiger partial charge is 0.408 e. The molecule has 0 aromatic heterocycles. The molecule has 0 heterocycles. The third kappa shape index (κ3) is 8.16. The maximum absolute atomic E-state index is 13.9. The Morgan fingerprint density at radius 1 is 0.632 bits per heavy atom. The van der Waals surface area contributed by atoms with Crippen LogP contribution in [0, 0.1) is 11.8 Å². The van der Waals surface area contributed by atoms with Crippen molar-refractivity contribution in [3.63, 3.8) is 0 Å². The van der Waals surface area contributed by atoms with Crippen LogP contribution in [0.1, 0.15) is 79.2 Å². The van der Waals surface area contributed by atoms with Crippen LogP contribution < -0.4 is 10.6 Å². The molecule has 0 spiro atoms. The van der Waals surface area contributed by atoms with Crippen molar-refractivity contribution >= 4 is 50.9 Å². The molecule has 2 amide bonds. The van der Waals surface area contributed by atoms with Gasteiger partial charge in [0, 0.05) is 22.3 Å². The summed E-state index contributed by atoms with van der Waals surface area (Å²) in [4.78, 5) is 91.5. The lowest BCUT2D eigenvalue weighted by molar-refractivity contribution is -0.122. The third-order valence-electron chi connectivity index (χ3n) is 10.0. The van der Waals surface area contributed by atoms with Gasteiger partial charge in [0.15, 0.2) is 28.9 Å². The number of aliphatic hydroxyl groups is 1. The normalized spacial score (nSPS) is 17.6. The van der Waals surface area contributed by atoms with E-state index < -0.39 is 90.8 Å². The number of ether oxygens (including phenoxy) is 2. The summed E-state index contributed by atoms with van der Waals surface area (Å²) >= 11 is 0. The van der Waals surface area contributed by atoms with Crippen molar-refractivity contribution < 1.29 is 56.6 Å². The summed E-state index contributed by atoms with van der Waals surface area (Å²) in [6.45, 7) is 3.07. The minimum absolute atomic E-state index is 0.0284. The molecular formula is C42H38N2O12S. The van der Waals surface area contributed by atoms with Gasteiger partial charge in [0.2, 0.25) is 9.84 Å². The van der Waals surface area contributed by atoms with Crippen molar-refractivity contribution in [3.05, 3.63) is 130 Å². The number of nitrogens with one attached hydrogen (secondary N) is 2. The number of alkyl carbamates (subject to hydrolysis) is 2. The molecule has 0 aliphatic heterocycles. The maximum Gasteiger partial charge on any atom is 0.408 e. The summed E-state index contributed by atoms with van der Waals surface area (Å²) in [6.07, 6.45) is -3.33. The lowest BCUT2D eigenvalue weighted by Crippen LogP contribution is -2.49. The van der Waals surface area contributed by atoms with E-state index in [0.717, 1.165) is 42.0 Å². The molecule has 0 radical (unpaired) electrons. The molecule has 14 nitrogen and oxygen atoms in total. The highest BCUT2D eigenvalue weighted by atomic mass is 32.2. The van der Waals surface area contributed by atoms with Gasteiger partial charge in [0.25, 0.3) is 0 Å². The largest absolute Gasteiger partial charge is 0.445 e. The Bertz CT molecular complexity index is 2380. The average molecular weight is 795 g/mol. The van der Waals surface area contributed by atoms with E-state index in [-0.39, 0.29) is 48.3 Å². The van der Waals surface area contributed by atoms with E-state index >= 15 is 0 Å². The van der Waals surface area contributed by atoms with Crippen LogP contribution >= 0.6 is 0 Å². The van der Waals surface area contributed by atoms with E-state index in [4.69, 9.17) is 9.47 Å². The number of sulfone groups is 1. The highest BCUT2D eigenvalue weighted by Crippen LogP contribution is 2.36. The van der Waals surface area contributed by atoms with Gasteiger partial charge in [-0.05, 0) is 60.4 Å². The first-order valence-electron chi connectivity index (χ1n) is 18.1. The van der Waals surface area contributed by atoms with Gasteiger partial charge in [-0.2, -0.15) is 0 Å². The van der Waals surface area contributed by atoms with Crippen molar-refractivity contribution in [2.24, 2.45) is 11.8 Å². The minimum atomic E-state index is -4.49. The van der Waals surface area contributed by atoms with Crippen LogP contribution in [0.5, 0.6) is 0 Å². The van der Waals surface area contributed by atoms with E-state index in [9.17, 15) is 47.1 Å². The van der Waals surface area contributed by atoms with Crippen molar-refractivity contribution in [3.8, 4) is 0 Å². The monoisotopic (exact) mass is 794 g/mol. The standard InChI is InChI=1S/C42H38N2O12S/c1-3-31(43-41(51)55-21-23-11-7-5-8-12-23)39(49)33-35(45)27-17-15-25(19-29(27)37(33)47)57(53,54)26-16-18-28-30(20-26)38(48)34(36(28)46)40(50)32(4-2)44-42(52)56-22-24-13-9-6-10-14-24/h5-20,31-34,39,49H,3-4,21-22H2,1-2H3,(H,43,51)(H,44,52)/t31-,32-,33?,34?,39?/m0/s1. The van der Waals surface area contributed by atoms with E-state index in [1.165, 1.54) is 0 Å². The Balaban J connectivity index is 1.15. The number of carbonyl (C=O) groups excluding carboxylic acids is 7. The number of hydrogen-bond acceptors (Lipinski definition) is 12. The van der Waals surface area contributed by atoms with E-state index in [2.05, 4.69) is 10.6 Å². The Morgan fingerprint density at radius 2 is 1.09 bits per heavy atom. The summed E-state index contributed by atoms with van der Waals surface area (Å²) in [5, 5.41) is 16.1. The number of benzene rings is 4. The number of fused-ring (bicyclic) bond motifs is 2. The van der Waals surface area contributed by atoms with Gasteiger partial charge in [-0.1, -0.05) is 74.5 Å². The van der Waals surface area contributed by atoms with Gasteiger partial charge in [0.05, 0.1) is 28.0 Å². The fourth-order valence-corrected chi connectivity index (χ4v) is 8.18. The SMILES string of the molecule is CC[C@H](NC(=O)OCc1ccccc1)C(=O)C1C(=O)c2ccc(S(=O)(=O)c3ccc4c(c3)C(=O)C(C(O)[C@H](CC)NC(=O)OCc3ccccc3)C4=O)cc2C1=O. The molecular weight excluding hydrogens is 757 g/mol. The Labute approximate surface area is 327 Å². The van der Waals surface area contributed by atoms with Crippen molar-refractivity contribution in [2.75, 3.05) is 0 Å². The minimum Gasteiger partial charge on any atom is -0.445 e. The number of amides is 2. The third-order valence-corrected chi connectivity index (χ3v) is 11.8. The molecule has 3 unspecified atom stereocenters. The van der Waals surface area contributed by atoms with Crippen LogP contribution in [-0.2, 0) is 37.3 Å². The lowest BCUT2D eigenvalue weighted by atomic mass is 9.90. The van der Waals surface area contributed by atoms with Gasteiger partial charge < -0.3 is 25.2 Å². The van der Waals surface area contributed by atoms with Gasteiger partial charge >= 0.3 is 12.2 Å². The quantitative estimate of drug-likeness (QED) is 0.146. The van der Waals surface area contributed by atoms with Crippen molar-refractivity contribution in [1.82, 2.24) is 10.6 Å². The summed E-state index contributed by atoms with van der Waals surface area (Å²) < 4.78 is 38.2. The van der Waals surface area contributed by atoms with E-state index in [0.29, 0.717) is 5.56 Å². The van der Waals surface area contributed by atoms with Gasteiger partial charge in [-0.3, -0.25) is 24.0 Å². The van der Waals surface area contributed by atoms with Crippen LogP contribution in [-0.4, -0.2) is 72.8 Å². The van der Waals surface area contributed by atoms with Gasteiger partial charge in [-0.25, -0.2) is 18.0 Å². The first-order valence-corrected chi connectivity index (χ1v) is 19.6. The number of carbonyl (C=O) groups is 7. The van der Waals surface area contributed by atoms with Crippen LogP contribution in [0.2, 0.25) is 0 Å². The van der Waals surface area contributed by atoms with Gasteiger partial charge in [0.1, 0.15) is 25.0 Å². The van der Waals surface area contributed by atoms with Gasteiger partial charge in [-0.15, -0.1) is 0 Å². The molecule has 294 valence electrons. The van der Waals surface area contributed by atoms with Crippen LogP contribution in [0.4, 0.5) is 9.59 Å². The topological polar surface area (TPSA) is 216 Å². The molecule has 2 aliphatic carbocycles. The van der Waals surface area contributed by atoms with E-state index in [1.807, 2.05) is 0 Å². The fourth-order valence-electron chi connectivity index (χ4n) is 6.87. The van der Waals surface area contributed by atoms with Crippen LogP contribution in [0.25, 0.3) is 0 Å². The molecule has 6 rings (SSSR count). The number of Topliss-reactive ketones (excluding diaryl/α,β-unsaturated/α-hetero) is 5. The molecule has 57 heavy (non-hydrogen) atoms. The maximum atomic E-state index is 13.9. The molecule has 5 atom stereocenters. The molecule has 0 saturated carbocycles. The molecule has 15 heteroatoms. The summed E-state index contributed by atoms with van der Waals surface area (Å²) in [7, 11) is -4.49.